The predicted molar refractivity (Wildman–Crippen MR) is 86.2 cm³/mol. The lowest BCUT2D eigenvalue weighted by Crippen LogP contribution is -2.55. The molecule has 0 atom stereocenters. The Bertz CT molecular complexity index is 647. The van der Waals surface area contributed by atoms with E-state index in [2.05, 4.69) is 5.32 Å². The van der Waals surface area contributed by atoms with Gasteiger partial charge in [0, 0.05) is 0 Å². The molecule has 0 aliphatic heterocycles. The van der Waals surface area contributed by atoms with Crippen LogP contribution in [0.1, 0.15) is 51.2 Å². The van der Waals surface area contributed by atoms with E-state index in [-0.39, 0.29) is 5.83 Å². The molecular weight excluding hydrogens is 295 g/mol. The fraction of sp³-hybridized carbons (Fsp3) is 0.444. The molecule has 0 radical (unpaired) electrons. The largest absolute Gasteiger partial charge is 0.444 e. The third-order valence-corrected chi connectivity index (χ3v) is 3.74. The van der Waals surface area contributed by atoms with Crippen molar-refractivity contribution in [2.45, 2.75) is 51.2 Å². The van der Waals surface area contributed by atoms with Gasteiger partial charge in [0.1, 0.15) is 11.4 Å². The first-order chi connectivity index (χ1) is 10.7. The first-order valence-corrected chi connectivity index (χ1v) is 7.63. The van der Waals surface area contributed by atoms with Crippen LogP contribution in [0.5, 0.6) is 0 Å². The molecule has 1 saturated carbocycles. The first kappa shape index (κ1) is 17.0. The number of hydrogen-bond acceptors (Lipinski definition) is 3. The Labute approximate surface area is 135 Å². The minimum absolute atomic E-state index is 0.390. The number of rotatable bonds is 3. The normalized spacial score (nSPS) is 16.9. The van der Waals surface area contributed by atoms with Crippen LogP contribution in [0.3, 0.4) is 0 Å². The maximum Gasteiger partial charge on any atom is 0.408 e. The molecule has 4 nitrogen and oxygen atoms in total. The molecule has 1 aromatic carbocycles. The number of ether oxygens (including phenoxy) is 1. The Hall–Kier alpha value is -2.35. The van der Waals surface area contributed by atoms with Crippen molar-refractivity contribution in [2.24, 2.45) is 0 Å². The summed E-state index contributed by atoms with van der Waals surface area (Å²) in [5.41, 5.74) is -0.426. The first-order valence-electron chi connectivity index (χ1n) is 7.63. The molecule has 1 aromatic rings. The molecule has 0 aromatic heterocycles. The number of carbonyl (C=O) groups excluding carboxylic acids is 1. The minimum atomic E-state index is -0.976. The maximum atomic E-state index is 14.7. The van der Waals surface area contributed by atoms with Crippen molar-refractivity contribution in [1.82, 2.24) is 5.32 Å². The van der Waals surface area contributed by atoms with Crippen LogP contribution in [-0.4, -0.2) is 17.2 Å². The molecule has 1 aliphatic rings. The van der Waals surface area contributed by atoms with Crippen LogP contribution < -0.4 is 5.32 Å². The van der Waals surface area contributed by atoms with E-state index in [9.17, 15) is 9.18 Å². The zero-order chi connectivity index (χ0) is 17.1. The Morgan fingerprint density at radius 2 is 1.96 bits per heavy atom. The molecule has 0 saturated heterocycles. The molecule has 0 bridgehead atoms. The number of alkyl carbamates (subject to hydrolysis) is 1. The van der Waals surface area contributed by atoms with Gasteiger partial charge in [0.2, 0.25) is 0 Å². The van der Waals surface area contributed by atoms with Crippen LogP contribution in [0, 0.1) is 11.3 Å². The van der Waals surface area contributed by atoms with Crippen molar-refractivity contribution >= 4 is 12.2 Å². The summed E-state index contributed by atoms with van der Waals surface area (Å²) in [6.45, 7) is 5.30. The van der Waals surface area contributed by atoms with Gasteiger partial charge in [-0.15, -0.1) is 0 Å². The number of carbonyl (C=O) groups is 1. The number of halogens is 1. The molecule has 1 amide bonds. The van der Waals surface area contributed by atoms with Crippen molar-refractivity contribution < 1.29 is 13.9 Å². The summed E-state index contributed by atoms with van der Waals surface area (Å²) in [7, 11) is 0. The molecule has 0 unspecified atom stereocenters. The second-order valence-electron chi connectivity index (χ2n) is 6.79. The molecule has 1 aliphatic carbocycles. The summed E-state index contributed by atoms with van der Waals surface area (Å²) in [6, 6.07) is 8.64. The quantitative estimate of drug-likeness (QED) is 0.903. The minimum Gasteiger partial charge on any atom is -0.444 e. The van der Waals surface area contributed by atoms with Gasteiger partial charge in [0.05, 0.1) is 17.2 Å². The summed E-state index contributed by atoms with van der Waals surface area (Å²) in [4.78, 5) is 11.9. The lowest BCUT2D eigenvalue weighted by Gasteiger charge is -2.41. The van der Waals surface area contributed by atoms with Gasteiger partial charge in [-0.3, -0.25) is 0 Å². The van der Waals surface area contributed by atoms with E-state index in [0.29, 0.717) is 24.0 Å². The fourth-order valence-electron chi connectivity index (χ4n) is 2.39. The summed E-state index contributed by atoms with van der Waals surface area (Å²) in [6.07, 6.45) is 2.73. The second-order valence-corrected chi connectivity index (χ2v) is 6.79. The summed E-state index contributed by atoms with van der Waals surface area (Å²) >= 11 is 0. The molecule has 0 heterocycles. The van der Waals surface area contributed by atoms with Gasteiger partial charge in [-0.1, -0.05) is 12.1 Å². The molecule has 1 fully saturated rings. The lowest BCUT2D eigenvalue weighted by atomic mass is 9.75. The highest BCUT2D eigenvalue weighted by Gasteiger charge is 2.43. The number of nitrogens with one attached hydrogen (secondary N) is 1. The molecule has 23 heavy (non-hydrogen) atoms. The Balaban J connectivity index is 2.13. The summed E-state index contributed by atoms with van der Waals surface area (Å²) < 4.78 is 19.9. The second kappa shape index (κ2) is 6.41. The number of nitrogens with zero attached hydrogens (tertiary/aromatic N) is 1. The highest BCUT2D eigenvalue weighted by atomic mass is 19.1. The van der Waals surface area contributed by atoms with Crippen molar-refractivity contribution in [3.8, 4) is 6.07 Å². The van der Waals surface area contributed by atoms with Crippen molar-refractivity contribution in [2.75, 3.05) is 0 Å². The summed E-state index contributed by atoms with van der Waals surface area (Å²) in [5, 5.41) is 11.5. The Morgan fingerprint density at radius 1 is 1.35 bits per heavy atom. The zero-order valence-electron chi connectivity index (χ0n) is 13.6. The number of benzene rings is 1. The van der Waals surface area contributed by atoms with Crippen LogP contribution >= 0.6 is 0 Å². The highest BCUT2D eigenvalue weighted by molar-refractivity contribution is 5.70. The van der Waals surface area contributed by atoms with Gasteiger partial charge in [-0.05, 0) is 63.8 Å². The van der Waals surface area contributed by atoms with E-state index in [4.69, 9.17) is 10.00 Å². The average molecular weight is 316 g/mol. The molecule has 0 spiro atoms. The topological polar surface area (TPSA) is 62.1 Å². The van der Waals surface area contributed by atoms with Gasteiger partial charge in [-0.25, -0.2) is 9.18 Å². The molecule has 5 heteroatoms. The van der Waals surface area contributed by atoms with E-state index in [1.165, 1.54) is 6.08 Å². The van der Waals surface area contributed by atoms with E-state index in [0.717, 1.165) is 6.42 Å². The van der Waals surface area contributed by atoms with Crippen LogP contribution in [0.15, 0.2) is 30.1 Å². The van der Waals surface area contributed by atoms with Gasteiger partial charge in [-0.2, -0.15) is 5.26 Å². The number of amides is 1. The zero-order valence-corrected chi connectivity index (χ0v) is 13.6. The van der Waals surface area contributed by atoms with Crippen LogP contribution in [0.2, 0.25) is 0 Å². The van der Waals surface area contributed by atoms with E-state index < -0.39 is 17.2 Å². The lowest BCUT2D eigenvalue weighted by molar-refractivity contribution is 0.0401. The highest BCUT2D eigenvalue weighted by Crippen LogP contribution is 2.40. The molecule has 1 N–H and O–H groups in total. The Morgan fingerprint density at radius 3 is 2.39 bits per heavy atom. The molecule has 122 valence electrons. The number of nitriles is 1. The molecule has 2 rings (SSSR count). The average Bonchev–Trinajstić information content (AvgIpc) is 2.41. The smallest absolute Gasteiger partial charge is 0.408 e. The Kier molecular flexibility index (Phi) is 4.74. The van der Waals surface area contributed by atoms with Gasteiger partial charge >= 0.3 is 6.09 Å². The van der Waals surface area contributed by atoms with Crippen LogP contribution in [0.25, 0.3) is 6.08 Å². The monoisotopic (exact) mass is 316 g/mol. The van der Waals surface area contributed by atoms with E-state index in [1.54, 1.807) is 45.0 Å². The van der Waals surface area contributed by atoms with E-state index >= 15 is 0 Å². The SMILES string of the molecule is CC(C)(C)OC(=O)NC1(/C(F)=C/c2ccc(C#N)cc2)CCC1. The third-order valence-electron chi connectivity index (χ3n) is 3.74. The van der Waals surface area contributed by atoms with Gasteiger partial charge in [0.15, 0.2) is 0 Å². The van der Waals surface area contributed by atoms with Crippen molar-refractivity contribution in [3.05, 3.63) is 41.2 Å². The predicted octanol–water partition coefficient (Wildman–Crippen LogP) is 4.32. The fourth-order valence-corrected chi connectivity index (χ4v) is 2.39. The standard InChI is InChI=1S/C18H21FN2O2/c1-17(2,3)23-16(22)21-18(9-4-10-18)15(19)11-13-5-7-14(12-20)8-6-13/h5-8,11H,4,9-10H2,1-3H3,(H,21,22)/b15-11-. The molecular formula is C18H21FN2O2. The van der Waals surface area contributed by atoms with Gasteiger partial charge in [0.25, 0.3) is 0 Å². The van der Waals surface area contributed by atoms with Crippen LogP contribution in [0.4, 0.5) is 9.18 Å². The third kappa shape index (κ3) is 4.32. The maximum absolute atomic E-state index is 14.7. The number of hydrogen-bond donors (Lipinski definition) is 1. The van der Waals surface area contributed by atoms with Gasteiger partial charge < -0.3 is 10.1 Å². The van der Waals surface area contributed by atoms with Crippen molar-refractivity contribution in [1.29, 1.82) is 5.26 Å². The van der Waals surface area contributed by atoms with E-state index in [1.807, 2.05) is 6.07 Å². The summed E-state index contributed by atoms with van der Waals surface area (Å²) in [5.74, 6) is -0.390. The van der Waals surface area contributed by atoms with Crippen molar-refractivity contribution in [3.63, 3.8) is 0 Å². The van der Waals surface area contributed by atoms with Crippen LogP contribution in [-0.2, 0) is 4.74 Å².